The van der Waals surface area contributed by atoms with Crippen LogP contribution in [0.1, 0.15) is 63.2 Å². The predicted octanol–water partition coefficient (Wildman–Crippen LogP) is 4.49. The summed E-state index contributed by atoms with van der Waals surface area (Å²) in [6.07, 6.45) is 4.49. The second-order valence-corrected chi connectivity index (χ2v) is 7.36. The summed E-state index contributed by atoms with van der Waals surface area (Å²) >= 11 is 0. The van der Waals surface area contributed by atoms with Crippen molar-refractivity contribution in [3.8, 4) is 5.75 Å². The fraction of sp³-hybridized carbons (Fsp3) is 0.478. The van der Waals surface area contributed by atoms with Gasteiger partial charge in [0.05, 0.1) is 17.7 Å². The minimum Gasteiger partial charge on any atom is -0.358 e. The molecule has 174 valence electrons. The van der Waals surface area contributed by atoms with Gasteiger partial charge >= 0.3 is 40.0 Å². The average Bonchev–Trinajstić information content (AvgIpc) is 3.03. The van der Waals surface area contributed by atoms with Crippen molar-refractivity contribution in [3.05, 3.63) is 57.2 Å². The van der Waals surface area contributed by atoms with E-state index < -0.39 is 17.4 Å². The van der Waals surface area contributed by atoms with Gasteiger partial charge in [-0.05, 0) is 58.6 Å². The number of ether oxygens (including phenoxy) is 2. The Kier molecular flexibility index (Phi) is 17.8. The Hall–Kier alpha value is -2.13. The van der Waals surface area contributed by atoms with Gasteiger partial charge in [-0.3, -0.25) is 9.69 Å². The summed E-state index contributed by atoms with van der Waals surface area (Å²) in [4.78, 5) is 26.5. The van der Waals surface area contributed by atoms with Crippen molar-refractivity contribution in [2.45, 2.75) is 64.1 Å². The van der Waals surface area contributed by atoms with E-state index in [1.807, 2.05) is 13.8 Å². The van der Waals surface area contributed by atoms with Gasteiger partial charge in [-0.2, -0.15) is 0 Å². The van der Waals surface area contributed by atoms with E-state index in [9.17, 15) is 9.59 Å². The van der Waals surface area contributed by atoms with Gasteiger partial charge < -0.3 is 16.9 Å². The molecule has 1 aromatic carbocycles. The topological polar surface area (TPSA) is 116 Å². The van der Waals surface area contributed by atoms with E-state index in [0.717, 1.165) is 25.7 Å². The molecule has 32 heavy (non-hydrogen) atoms. The third-order valence-corrected chi connectivity index (χ3v) is 4.99. The fourth-order valence-electron chi connectivity index (χ4n) is 3.86. The van der Waals surface area contributed by atoms with E-state index in [1.165, 1.54) is 13.3 Å². The molecule has 1 aromatic rings. The van der Waals surface area contributed by atoms with Crippen LogP contribution in [0.2, 0.25) is 0 Å². The maximum atomic E-state index is 13.0. The molecule has 0 N–H and O–H groups in total. The van der Waals surface area contributed by atoms with Crippen LogP contribution in [-0.2, 0) is 36.1 Å². The van der Waals surface area contributed by atoms with Gasteiger partial charge in [0.25, 0.3) is 0 Å². The van der Waals surface area contributed by atoms with Crippen molar-refractivity contribution >= 4 is 11.9 Å². The first kappa shape index (κ1) is 34.5. The predicted molar refractivity (Wildman–Crippen MR) is 108 cm³/mol. The summed E-state index contributed by atoms with van der Waals surface area (Å²) in [5.41, 5.74) is -0.578. The Morgan fingerprint density at radius 2 is 1.50 bits per heavy atom. The number of nitrogens with zero attached hydrogens (tertiary/aromatic N) is 1. The van der Waals surface area contributed by atoms with Gasteiger partial charge in [-0.15, -0.1) is 0 Å². The van der Waals surface area contributed by atoms with Gasteiger partial charge in [-0.1, -0.05) is 18.6 Å². The molecule has 0 unspecified atom stereocenters. The van der Waals surface area contributed by atoms with Gasteiger partial charge in [0.15, 0.2) is 5.78 Å². The summed E-state index contributed by atoms with van der Waals surface area (Å²) in [7, 11) is 0. The fourth-order valence-corrected chi connectivity index (χ4v) is 3.86. The molecule has 1 aliphatic heterocycles. The molecule has 2 fully saturated rings. The van der Waals surface area contributed by atoms with Crippen LogP contribution in [-0.4, -0.2) is 34.6 Å². The number of ketones is 1. The van der Waals surface area contributed by atoms with Crippen molar-refractivity contribution in [1.29, 1.82) is 0 Å². The molecule has 1 saturated heterocycles. The van der Waals surface area contributed by atoms with Crippen LogP contribution in [0.3, 0.4) is 0 Å². The minimum atomic E-state index is -0.565. The summed E-state index contributed by atoms with van der Waals surface area (Å²) in [5, 5.41) is 0. The molecule has 1 saturated carbocycles. The summed E-state index contributed by atoms with van der Waals surface area (Å²) in [6, 6.07) is 6.86. The first-order valence-electron chi connectivity index (χ1n) is 9.23. The van der Waals surface area contributed by atoms with Crippen molar-refractivity contribution in [1.82, 2.24) is 4.90 Å². The molecule has 9 heteroatoms. The van der Waals surface area contributed by atoms with E-state index in [4.69, 9.17) is 23.4 Å². The summed E-state index contributed by atoms with van der Waals surface area (Å²) < 4.78 is 34.2. The second-order valence-electron chi connectivity index (χ2n) is 7.36. The number of carbonyl (C=O) groups is 2. The largest absolute Gasteiger partial charge is 0.358 e. The number of benzene rings is 1. The first-order chi connectivity index (χ1) is 14.4. The zero-order valence-corrected chi connectivity index (χ0v) is 20.0. The smallest absolute Gasteiger partial charge is 0 e. The number of rotatable bonds is 2. The molecule has 2 aliphatic rings. The molecule has 1 amide bonds. The Morgan fingerprint density at radius 1 is 1.00 bits per heavy atom. The Balaban J connectivity index is -0.000000971. The van der Waals surface area contributed by atoms with Crippen molar-refractivity contribution < 1.29 is 50.4 Å². The normalized spacial score (nSPS) is 16.5. The van der Waals surface area contributed by atoms with Crippen LogP contribution in [0.15, 0.2) is 24.3 Å². The number of carbonyl (C=O) groups excluding carboxylic acids is 2. The van der Waals surface area contributed by atoms with Gasteiger partial charge in [0.1, 0.15) is 11.5 Å². The number of hydrogen-bond acceptors (Lipinski definition) is 4. The van der Waals surface area contributed by atoms with Crippen LogP contribution < -0.4 is 4.74 Å². The molecule has 0 radical (unpaired) electrons. The van der Waals surface area contributed by atoms with Crippen LogP contribution in [0, 0.1) is 27.4 Å². The zero-order chi connectivity index (χ0) is 23.4. The number of hydrogen-bond donors (Lipinski definition) is 0. The van der Waals surface area contributed by atoms with E-state index >= 15 is 0 Å². The van der Waals surface area contributed by atoms with Gasteiger partial charge in [0, 0.05) is 17.4 Å². The second kappa shape index (κ2) is 16.5. The zero-order valence-electron chi connectivity index (χ0n) is 18.8. The average molecular weight is 482 g/mol. The molecule has 1 aliphatic carbocycles. The van der Waals surface area contributed by atoms with Crippen molar-refractivity contribution in [2.24, 2.45) is 0 Å². The van der Waals surface area contributed by atoms with E-state index in [-0.39, 0.29) is 30.6 Å². The first-order valence-corrected chi connectivity index (χ1v) is 9.23. The van der Waals surface area contributed by atoms with Crippen LogP contribution in [0.5, 0.6) is 5.75 Å². The number of para-hydroxylation sites is 1. The van der Waals surface area contributed by atoms with Gasteiger partial charge in [-0.25, -0.2) is 4.79 Å². The molecular formula is C23H28CrNO7-. The standard InChI is InChI=1S/C19H25NO4.3CO.CH3.Cr/c1-14(21)15-9-5-6-10-16(15)24-17(22)20-18(2,3)13-23-19(20)11-7-4-8-12-19;3*1-2;;/h5-6,9-10H,4,7-8,11-13H2,1-3H3;;;;1H3;/q;;;;-1;. The monoisotopic (exact) mass is 482 g/mol. The van der Waals surface area contributed by atoms with E-state index in [0.29, 0.717) is 17.9 Å². The van der Waals surface area contributed by atoms with Crippen LogP contribution >= 0.6 is 0 Å². The molecule has 0 bridgehead atoms. The van der Waals surface area contributed by atoms with E-state index in [2.05, 4.69) is 20.0 Å². The quantitative estimate of drug-likeness (QED) is 0.351. The van der Waals surface area contributed by atoms with Crippen LogP contribution in [0.25, 0.3) is 0 Å². The Labute approximate surface area is 200 Å². The van der Waals surface area contributed by atoms with Crippen molar-refractivity contribution in [3.63, 3.8) is 0 Å². The summed E-state index contributed by atoms with van der Waals surface area (Å²) in [5.74, 6) is 0.186. The maximum Gasteiger partial charge on any atom is 0 e. The molecular weight excluding hydrogens is 454 g/mol. The minimum absolute atomic E-state index is 0. The van der Waals surface area contributed by atoms with Crippen LogP contribution in [0.4, 0.5) is 4.79 Å². The van der Waals surface area contributed by atoms with E-state index in [1.54, 1.807) is 29.2 Å². The number of Topliss-reactive ketones (excluding diaryl/α,β-unsaturated/α-hetero) is 1. The molecule has 8 nitrogen and oxygen atoms in total. The van der Waals surface area contributed by atoms with Crippen molar-refractivity contribution in [2.75, 3.05) is 6.61 Å². The third kappa shape index (κ3) is 8.09. The third-order valence-electron chi connectivity index (χ3n) is 4.99. The molecule has 1 spiro atoms. The molecule has 0 atom stereocenters. The number of amides is 1. The molecule has 0 aromatic heterocycles. The Morgan fingerprint density at radius 3 is 2.00 bits per heavy atom. The molecule has 3 rings (SSSR count). The Bertz CT molecular complexity index is 766. The summed E-state index contributed by atoms with van der Waals surface area (Å²) in [6.45, 7) is 19.5. The molecule has 1 heterocycles. The maximum absolute atomic E-state index is 13.0. The SMILES string of the molecule is CC(=O)c1ccccc1OC(=O)N1C(C)(C)COC12CCCCC2.[C-]#[O+].[C-]#[O+].[C-]#[O+].[CH3-].[Cr]. The van der Waals surface area contributed by atoms with Gasteiger partial charge in [0.2, 0.25) is 0 Å².